The summed E-state index contributed by atoms with van der Waals surface area (Å²) in [6, 6.07) is -0.769. The van der Waals surface area contributed by atoms with Crippen LogP contribution in [0.1, 0.15) is 32.1 Å². The summed E-state index contributed by atoms with van der Waals surface area (Å²) >= 11 is 1.57. The molecule has 0 radical (unpaired) electrons. The fourth-order valence-corrected chi connectivity index (χ4v) is 2.40. The lowest BCUT2D eigenvalue weighted by molar-refractivity contribution is -0.141. The molecule has 18 heavy (non-hydrogen) atoms. The van der Waals surface area contributed by atoms with Gasteiger partial charge in [0, 0.05) is 13.0 Å². The molecule has 2 N–H and O–H groups in total. The highest BCUT2D eigenvalue weighted by Gasteiger charge is 2.21. The van der Waals surface area contributed by atoms with E-state index in [2.05, 4.69) is 5.32 Å². The first-order valence-electron chi connectivity index (χ1n) is 6.26. The fourth-order valence-electron chi connectivity index (χ4n) is 1.92. The Morgan fingerprint density at radius 3 is 2.89 bits per heavy atom. The standard InChI is InChI=1S/C12H21NO4S/c1-18-8-6-10(12(15)16)13-11(14)5-4-9-3-2-7-17-9/h9-10H,2-8H2,1H3,(H,13,14)(H,15,16)/t9?,10-/m0/s1. The predicted molar refractivity (Wildman–Crippen MR) is 70.8 cm³/mol. The first-order chi connectivity index (χ1) is 8.63. The van der Waals surface area contributed by atoms with Gasteiger partial charge in [0.1, 0.15) is 6.04 Å². The number of nitrogens with one attached hydrogen (secondary N) is 1. The molecule has 1 unspecified atom stereocenters. The number of aliphatic carboxylic acids is 1. The van der Waals surface area contributed by atoms with Crippen molar-refractivity contribution in [2.24, 2.45) is 0 Å². The van der Waals surface area contributed by atoms with Crippen LogP contribution >= 0.6 is 11.8 Å². The van der Waals surface area contributed by atoms with E-state index in [0.29, 0.717) is 19.3 Å². The average Bonchev–Trinajstić information content (AvgIpc) is 2.84. The van der Waals surface area contributed by atoms with Crippen LogP contribution in [0.25, 0.3) is 0 Å². The monoisotopic (exact) mass is 275 g/mol. The highest BCUT2D eigenvalue weighted by molar-refractivity contribution is 7.98. The lowest BCUT2D eigenvalue weighted by Crippen LogP contribution is -2.41. The van der Waals surface area contributed by atoms with E-state index in [9.17, 15) is 9.59 Å². The molecule has 1 aliphatic heterocycles. The zero-order chi connectivity index (χ0) is 13.4. The van der Waals surface area contributed by atoms with Crippen molar-refractivity contribution in [3.05, 3.63) is 0 Å². The van der Waals surface area contributed by atoms with Gasteiger partial charge in [-0.3, -0.25) is 4.79 Å². The lowest BCUT2D eigenvalue weighted by Gasteiger charge is -2.15. The van der Waals surface area contributed by atoms with E-state index in [1.54, 1.807) is 11.8 Å². The molecule has 0 saturated carbocycles. The van der Waals surface area contributed by atoms with E-state index in [-0.39, 0.29) is 12.0 Å². The Morgan fingerprint density at radius 1 is 1.56 bits per heavy atom. The van der Waals surface area contributed by atoms with Crippen molar-refractivity contribution in [3.63, 3.8) is 0 Å². The largest absolute Gasteiger partial charge is 0.480 e. The summed E-state index contributed by atoms with van der Waals surface area (Å²) in [5.41, 5.74) is 0. The van der Waals surface area contributed by atoms with E-state index < -0.39 is 12.0 Å². The molecule has 0 bridgehead atoms. The minimum atomic E-state index is -0.963. The van der Waals surface area contributed by atoms with E-state index in [1.165, 1.54) is 0 Å². The van der Waals surface area contributed by atoms with Crippen LogP contribution < -0.4 is 5.32 Å². The van der Waals surface area contributed by atoms with E-state index >= 15 is 0 Å². The van der Waals surface area contributed by atoms with Crippen LogP contribution in [0.15, 0.2) is 0 Å². The fraction of sp³-hybridized carbons (Fsp3) is 0.833. The molecular formula is C12H21NO4S. The zero-order valence-electron chi connectivity index (χ0n) is 10.7. The van der Waals surface area contributed by atoms with Crippen molar-refractivity contribution in [1.29, 1.82) is 0 Å². The number of hydrogen-bond acceptors (Lipinski definition) is 4. The Bertz CT molecular complexity index is 279. The first kappa shape index (κ1) is 15.3. The molecule has 0 aromatic rings. The maximum atomic E-state index is 11.6. The Hall–Kier alpha value is -0.750. The molecule has 104 valence electrons. The molecule has 1 aliphatic rings. The molecule has 0 aromatic carbocycles. The maximum Gasteiger partial charge on any atom is 0.326 e. The van der Waals surface area contributed by atoms with Crippen LogP contribution in [0.2, 0.25) is 0 Å². The Balaban J connectivity index is 2.24. The van der Waals surface area contributed by atoms with Crippen LogP contribution in [0.4, 0.5) is 0 Å². The summed E-state index contributed by atoms with van der Waals surface area (Å²) in [5.74, 6) is -0.434. The lowest BCUT2D eigenvalue weighted by atomic mass is 10.1. The van der Waals surface area contributed by atoms with Crippen LogP contribution in [0, 0.1) is 0 Å². The van der Waals surface area contributed by atoms with Crippen molar-refractivity contribution in [2.45, 2.75) is 44.2 Å². The molecule has 2 atom stereocenters. The average molecular weight is 275 g/mol. The van der Waals surface area contributed by atoms with Gasteiger partial charge in [0.15, 0.2) is 0 Å². The van der Waals surface area contributed by atoms with E-state index in [1.807, 2.05) is 6.26 Å². The summed E-state index contributed by atoms with van der Waals surface area (Å²) in [7, 11) is 0. The molecule has 1 saturated heterocycles. The minimum absolute atomic E-state index is 0.172. The van der Waals surface area contributed by atoms with E-state index in [0.717, 1.165) is 25.2 Å². The molecule has 1 fully saturated rings. The van der Waals surface area contributed by atoms with Gasteiger partial charge >= 0.3 is 5.97 Å². The van der Waals surface area contributed by atoms with Crippen molar-refractivity contribution in [2.75, 3.05) is 18.6 Å². The van der Waals surface area contributed by atoms with Crippen LogP contribution in [0.3, 0.4) is 0 Å². The zero-order valence-corrected chi connectivity index (χ0v) is 11.5. The first-order valence-corrected chi connectivity index (χ1v) is 7.65. The predicted octanol–water partition coefficient (Wildman–Crippen LogP) is 1.27. The van der Waals surface area contributed by atoms with Gasteiger partial charge in [-0.05, 0) is 37.7 Å². The summed E-state index contributed by atoms with van der Waals surface area (Å²) in [4.78, 5) is 22.6. The van der Waals surface area contributed by atoms with Crippen LogP contribution in [-0.4, -0.2) is 47.7 Å². The summed E-state index contributed by atoms with van der Waals surface area (Å²) < 4.78 is 5.42. The number of carbonyl (C=O) groups excluding carboxylic acids is 1. The van der Waals surface area contributed by atoms with Gasteiger partial charge in [0.05, 0.1) is 6.10 Å². The molecule has 0 aliphatic carbocycles. The Labute approximate surface area is 112 Å². The number of hydrogen-bond donors (Lipinski definition) is 2. The third-order valence-electron chi connectivity index (χ3n) is 2.96. The third kappa shape index (κ3) is 5.73. The van der Waals surface area contributed by atoms with Gasteiger partial charge in [-0.25, -0.2) is 4.79 Å². The maximum absolute atomic E-state index is 11.6. The van der Waals surface area contributed by atoms with Gasteiger partial charge in [0.2, 0.25) is 5.91 Å². The second-order valence-electron chi connectivity index (χ2n) is 4.41. The van der Waals surface area contributed by atoms with Crippen molar-refractivity contribution in [1.82, 2.24) is 5.32 Å². The van der Waals surface area contributed by atoms with Gasteiger partial charge < -0.3 is 15.2 Å². The topological polar surface area (TPSA) is 75.6 Å². The molecule has 0 aromatic heterocycles. The quantitative estimate of drug-likeness (QED) is 0.697. The number of carbonyl (C=O) groups is 2. The summed E-state index contributed by atoms with van der Waals surface area (Å²) in [6.45, 7) is 0.776. The van der Waals surface area contributed by atoms with Crippen molar-refractivity contribution < 1.29 is 19.4 Å². The number of ether oxygens (including phenoxy) is 1. The third-order valence-corrected chi connectivity index (χ3v) is 3.61. The normalized spacial score (nSPS) is 20.6. The van der Waals surface area contributed by atoms with Gasteiger partial charge in [-0.15, -0.1) is 0 Å². The van der Waals surface area contributed by atoms with Crippen molar-refractivity contribution in [3.8, 4) is 0 Å². The number of thioether (sulfide) groups is 1. The van der Waals surface area contributed by atoms with Gasteiger partial charge in [-0.1, -0.05) is 0 Å². The van der Waals surface area contributed by atoms with Crippen LogP contribution in [0.5, 0.6) is 0 Å². The molecular weight excluding hydrogens is 254 g/mol. The van der Waals surface area contributed by atoms with Gasteiger partial charge in [0.25, 0.3) is 0 Å². The second kappa shape index (κ2) is 8.37. The van der Waals surface area contributed by atoms with E-state index in [4.69, 9.17) is 9.84 Å². The number of rotatable bonds is 8. The second-order valence-corrected chi connectivity index (χ2v) is 5.40. The molecule has 1 amide bonds. The van der Waals surface area contributed by atoms with Gasteiger partial charge in [-0.2, -0.15) is 11.8 Å². The smallest absolute Gasteiger partial charge is 0.326 e. The highest BCUT2D eigenvalue weighted by Crippen LogP contribution is 2.16. The summed E-state index contributed by atoms with van der Waals surface area (Å²) in [5, 5.41) is 11.5. The Kier molecular flexibility index (Phi) is 7.12. The molecule has 6 heteroatoms. The molecule has 0 spiro atoms. The van der Waals surface area contributed by atoms with Crippen molar-refractivity contribution >= 4 is 23.6 Å². The molecule has 1 heterocycles. The number of amides is 1. The summed E-state index contributed by atoms with van der Waals surface area (Å²) in [6.07, 6.45) is 5.62. The SMILES string of the molecule is CSCC[C@H](NC(=O)CCC1CCCO1)C(=O)O. The molecule has 1 rings (SSSR count). The number of carboxylic acid groups (broad SMARTS) is 1. The Morgan fingerprint density at radius 2 is 2.33 bits per heavy atom. The van der Waals surface area contributed by atoms with Crippen LogP contribution in [-0.2, 0) is 14.3 Å². The molecule has 5 nitrogen and oxygen atoms in total. The minimum Gasteiger partial charge on any atom is -0.480 e. The highest BCUT2D eigenvalue weighted by atomic mass is 32.2. The number of carboxylic acids is 1.